The lowest BCUT2D eigenvalue weighted by atomic mass is 9.90. The summed E-state index contributed by atoms with van der Waals surface area (Å²) in [4.78, 5) is 15.0. The van der Waals surface area contributed by atoms with Crippen molar-refractivity contribution < 1.29 is 9.53 Å². The second-order valence-corrected chi connectivity index (χ2v) is 6.93. The highest BCUT2D eigenvalue weighted by Crippen LogP contribution is 2.23. The molecule has 0 saturated carbocycles. The molecule has 0 spiro atoms. The summed E-state index contributed by atoms with van der Waals surface area (Å²) in [6.45, 7) is 11.6. The van der Waals surface area contributed by atoms with E-state index in [1.54, 1.807) is 6.92 Å². The van der Waals surface area contributed by atoms with Crippen LogP contribution < -0.4 is 0 Å². The van der Waals surface area contributed by atoms with Crippen molar-refractivity contribution in [1.82, 2.24) is 0 Å². The van der Waals surface area contributed by atoms with Crippen molar-refractivity contribution in [3.63, 3.8) is 0 Å². The SMILES string of the molecule is CCCCCC(C)CC(N=[N+]=[N-])C(C)C(=O)OC(C)(C)C. The summed E-state index contributed by atoms with van der Waals surface area (Å²) >= 11 is 0. The zero-order chi connectivity index (χ0) is 16.5. The van der Waals surface area contributed by atoms with Crippen LogP contribution in [-0.4, -0.2) is 17.6 Å². The molecule has 3 atom stereocenters. The van der Waals surface area contributed by atoms with Gasteiger partial charge >= 0.3 is 5.97 Å². The molecular weight excluding hydrogens is 266 g/mol. The van der Waals surface area contributed by atoms with Crippen LogP contribution in [0.4, 0.5) is 0 Å². The van der Waals surface area contributed by atoms with Gasteiger partial charge in [-0.1, -0.05) is 51.6 Å². The van der Waals surface area contributed by atoms with Gasteiger partial charge in [-0.05, 0) is 38.6 Å². The van der Waals surface area contributed by atoms with E-state index in [0.29, 0.717) is 5.92 Å². The monoisotopic (exact) mass is 297 g/mol. The normalized spacial score (nSPS) is 15.7. The molecule has 5 nitrogen and oxygen atoms in total. The molecule has 0 aromatic rings. The Labute approximate surface area is 129 Å². The van der Waals surface area contributed by atoms with Crippen molar-refractivity contribution >= 4 is 5.97 Å². The first-order valence-electron chi connectivity index (χ1n) is 7.98. The third-order valence-electron chi connectivity index (χ3n) is 3.50. The van der Waals surface area contributed by atoms with Gasteiger partial charge in [0.05, 0.1) is 12.0 Å². The van der Waals surface area contributed by atoms with Crippen LogP contribution in [0.2, 0.25) is 0 Å². The maximum absolute atomic E-state index is 12.1. The van der Waals surface area contributed by atoms with Gasteiger partial charge in [0.2, 0.25) is 0 Å². The van der Waals surface area contributed by atoms with E-state index in [2.05, 4.69) is 23.9 Å². The summed E-state index contributed by atoms with van der Waals surface area (Å²) in [6, 6.07) is -0.332. The quantitative estimate of drug-likeness (QED) is 0.192. The fraction of sp³-hybridized carbons (Fsp3) is 0.938. The molecule has 0 saturated heterocycles. The number of nitrogens with zero attached hydrogens (tertiary/aromatic N) is 3. The largest absolute Gasteiger partial charge is 0.460 e. The predicted molar refractivity (Wildman–Crippen MR) is 85.9 cm³/mol. The van der Waals surface area contributed by atoms with Gasteiger partial charge < -0.3 is 4.74 Å². The number of carbonyl (C=O) groups is 1. The third-order valence-corrected chi connectivity index (χ3v) is 3.50. The van der Waals surface area contributed by atoms with E-state index in [9.17, 15) is 4.79 Å². The summed E-state index contributed by atoms with van der Waals surface area (Å²) < 4.78 is 5.38. The molecule has 0 fully saturated rings. The molecule has 0 amide bonds. The number of esters is 1. The minimum Gasteiger partial charge on any atom is -0.460 e. The standard InChI is InChI=1S/C16H31N3O2/c1-7-8-9-10-12(2)11-14(18-19-17)13(3)15(20)21-16(4,5)6/h12-14H,7-11H2,1-6H3. The molecule has 0 radical (unpaired) electrons. The maximum atomic E-state index is 12.1. The average Bonchev–Trinajstić information content (AvgIpc) is 2.35. The maximum Gasteiger partial charge on any atom is 0.309 e. The second-order valence-electron chi connectivity index (χ2n) is 6.93. The van der Waals surface area contributed by atoms with Crippen LogP contribution in [-0.2, 0) is 9.53 Å². The molecule has 0 bridgehead atoms. The molecule has 0 N–H and O–H groups in total. The van der Waals surface area contributed by atoms with Gasteiger partial charge in [-0.2, -0.15) is 0 Å². The molecule has 0 aliphatic carbocycles. The van der Waals surface area contributed by atoms with Gasteiger partial charge in [-0.15, -0.1) is 0 Å². The molecule has 5 heteroatoms. The molecule has 0 aliphatic heterocycles. The Bertz CT molecular complexity index is 357. The molecule has 0 rings (SSSR count). The number of carbonyl (C=O) groups excluding carboxylic acids is 1. The summed E-state index contributed by atoms with van der Waals surface area (Å²) in [5, 5.41) is 3.82. The number of ether oxygens (including phenoxy) is 1. The summed E-state index contributed by atoms with van der Waals surface area (Å²) in [6.07, 6.45) is 5.43. The van der Waals surface area contributed by atoms with Gasteiger partial charge in [-0.3, -0.25) is 4.79 Å². The first kappa shape index (κ1) is 19.8. The lowest BCUT2D eigenvalue weighted by Crippen LogP contribution is -2.33. The Morgan fingerprint density at radius 2 is 1.90 bits per heavy atom. The van der Waals surface area contributed by atoms with Crippen LogP contribution in [0.15, 0.2) is 5.11 Å². The Morgan fingerprint density at radius 1 is 1.29 bits per heavy atom. The first-order valence-corrected chi connectivity index (χ1v) is 7.98. The van der Waals surface area contributed by atoms with Crippen molar-refractivity contribution in [1.29, 1.82) is 0 Å². The van der Waals surface area contributed by atoms with E-state index in [1.807, 2.05) is 20.8 Å². The van der Waals surface area contributed by atoms with Gasteiger partial charge in [0.25, 0.3) is 0 Å². The zero-order valence-corrected chi connectivity index (χ0v) is 14.4. The zero-order valence-electron chi connectivity index (χ0n) is 14.4. The fourth-order valence-electron chi connectivity index (χ4n) is 2.24. The summed E-state index contributed by atoms with van der Waals surface area (Å²) in [5.74, 6) is -0.258. The fourth-order valence-corrected chi connectivity index (χ4v) is 2.24. The lowest BCUT2D eigenvalue weighted by Gasteiger charge is -2.26. The number of azide groups is 1. The Balaban J connectivity index is 4.59. The van der Waals surface area contributed by atoms with E-state index in [4.69, 9.17) is 10.3 Å². The summed E-state index contributed by atoms with van der Waals surface area (Å²) in [7, 11) is 0. The van der Waals surface area contributed by atoms with Crippen molar-refractivity contribution in [3.8, 4) is 0 Å². The Morgan fingerprint density at radius 3 is 2.38 bits per heavy atom. The predicted octanol–water partition coefficient (Wildman–Crippen LogP) is 5.25. The van der Waals surface area contributed by atoms with Crippen LogP contribution in [0.25, 0.3) is 10.4 Å². The van der Waals surface area contributed by atoms with Crippen molar-refractivity contribution in [3.05, 3.63) is 10.4 Å². The van der Waals surface area contributed by atoms with Crippen molar-refractivity contribution in [2.24, 2.45) is 17.0 Å². The van der Waals surface area contributed by atoms with Crippen molar-refractivity contribution in [2.45, 2.75) is 85.3 Å². The van der Waals surface area contributed by atoms with E-state index >= 15 is 0 Å². The number of hydrogen-bond acceptors (Lipinski definition) is 3. The van der Waals surface area contributed by atoms with Crippen LogP contribution in [0, 0.1) is 11.8 Å². The molecule has 0 aliphatic rings. The van der Waals surface area contributed by atoms with Crippen molar-refractivity contribution in [2.75, 3.05) is 0 Å². The first-order chi connectivity index (χ1) is 9.71. The third kappa shape index (κ3) is 9.35. The van der Waals surface area contributed by atoms with E-state index in [-0.39, 0.29) is 12.0 Å². The number of rotatable bonds is 9. The highest BCUT2D eigenvalue weighted by Gasteiger charge is 2.28. The molecule has 3 unspecified atom stereocenters. The molecule has 0 heterocycles. The minimum absolute atomic E-state index is 0.291. The Hall–Kier alpha value is -1.22. The minimum atomic E-state index is -0.515. The van der Waals surface area contributed by atoms with Crippen LogP contribution in [0.3, 0.4) is 0 Å². The van der Waals surface area contributed by atoms with Gasteiger partial charge in [0.15, 0.2) is 0 Å². The molecule has 21 heavy (non-hydrogen) atoms. The highest BCUT2D eigenvalue weighted by atomic mass is 16.6. The number of hydrogen-bond donors (Lipinski definition) is 0. The highest BCUT2D eigenvalue weighted by molar-refractivity contribution is 5.73. The van der Waals surface area contributed by atoms with Gasteiger partial charge in [0.1, 0.15) is 5.60 Å². The van der Waals surface area contributed by atoms with Gasteiger partial charge in [0, 0.05) is 4.91 Å². The topological polar surface area (TPSA) is 75.1 Å². The van der Waals surface area contributed by atoms with Crippen LogP contribution in [0.1, 0.15) is 73.6 Å². The van der Waals surface area contributed by atoms with E-state index in [0.717, 1.165) is 12.8 Å². The smallest absolute Gasteiger partial charge is 0.309 e. The molecular formula is C16H31N3O2. The van der Waals surface area contributed by atoms with Crippen LogP contribution >= 0.6 is 0 Å². The average molecular weight is 297 g/mol. The van der Waals surface area contributed by atoms with E-state index in [1.165, 1.54) is 19.3 Å². The molecule has 0 aromatic heterocycles. The summed E-state index contributed by atoms with van der Waals surface area (Å²) in [5.41, 5.74) is 8.22. The second kappa shape index (κ2) is 9.67. The molecule has 122 valence electrons. The van der Waals surface area contributed by atoms with Gasteiger partial charge in [-0.25, -0.2) is 0 Å². The number of unbranched alkanes of at least 4 members (excludes halogenated alkanes) is 2. The molecule has 0 aromatic carbocycles. The van der Waals surface area contributed by atoms with Crippen LogP contribution in [0.5, 0.6) is 0 Å². The Kier molecular flexibility index (Phi) is 9.11. The van der Waals surface area contributed by atoms with E-state index < -0.39 is 11.5 Å². The lowest BCUT2D eigenvalue weighted by molar-refractivity contribution is -0.160.